The molecule has 0 saturated carbocycles. The van der Waals surface area contributed by atoms with Gasteiger partial charge in [0.05, 0.1) is 13.0 Å². The predicted octanol–water partition coefficient (Wildman–Crippen LogP) is 2.63. The number of hydrogen-bond donors (Lipinski definition) is 0. The van der Waals surface area contributed by atoms with Crippen LogP contribution < -0.4 is 4.74 Å². The largest absolute Gasteiger partial charge is 0.496 e. The third kappa shape index (κ3) is 4.12. The third-order valence-electron chi connectivity index (χ3n) is 5.52. The van der Waals surface area contributed by atoms with Crippen molar-refractivity contribution in [1.82, 2.24) is 20.1 Å². The second-order valence-corrected chi connectivity index (χ2v) is 7.60. The molecule has 3 aromatic rings. The highest BCUT2D eigenvalue weighted by molar-refractivity contribution is 5.84. The maximum absolute atomic E-state index is 13.1. The molecule has 2 aromatic carbocycles. The Morgan fingerprint density at radius 3 is 2.87 bits per heavy atom. The molecule has 156 valence electrons. The van der Waals surface area contributed by atoms with Gasteiger partial charge in [-0.3, -0.25) is 9.59 Å². The lowest BCUT2D eigenvalue weighted by Crippen LogP contribution is -2.45. The molecule has 0 radical (unpaired) electrons. The number of carbonyl (C=O) groups excluding carboxylic acids is 2. The molecule has 0 aliphatic carbocycles. The van der Waals surface area contributed by atoms with Crippen LogP contribution in [0.1, 0.15) is 24.0 Å². The van der Waals surface area contributed by atoms with Gasteiger partial charge in [-0.25, -0.2) is 4.63 Å². The SMILES string of the molecule is COc1ccccc1CN1C[C@@H](C(=O)N(C)Cc2ccc3nonc3c2)CCC1=O. The first kappa shape index (κ1) is 19.9. The van der Waals surface area contributed by atoms with E-state index in [1.54, 1.807) is 24.0 Å². The summed E-state index contributed by atoms with van der Waals surface area (Å²) in [7, 11) is 3.40. The Labute approximate surface area is 174 Å². The van der Waals surface area contributed by atoms with E-state index >= 15 is 0 Å². The van der Waals surface area contributed by atoms with E-state index in [4.69, 9.17) is 9.37 Å². The second kappa shape index (κ2) is 8.52. The number of aromatic nitrogens is 2. The van der Waals surface area contributed by atoms with Gasteiger partial charge < -0.3 is 14.5 Å². The zero-order chi connectivity index (χ0) is 21.1. The van der Waals surface area contributed by atoms with Crippen molar-refractivity contribution in [2.45, 2.75) is 25.9 Å². The maximum Gasteiger partial charge on any atom is 0.227 e. The number of para-hydroxylation sites is 1. The lowest BCUT2D eigenvalue weighted by Gasteiger charge is -2.34. The van der Waals surface area contributed by atoms with E-state index in [0.29, 0.717) is 43.5 Å². The fourth-order valence-electron chi connectivity index (χ4n) is 3.90. The van der Waals surface area contributed by atoms with Gasteiger partial charge in [0, 0.05) is 38.7 Å². The maximum atomic E-state index is 13.1. The van der Waals surface area contributed by atoms with E-state index in [1.165, 1.54) is 0 Å². The summed E-state index contributed by atoms with van der Waals surface area (Å²) >= 11 is 0. The number of benzene rings is 2. The van der Waals surface area contributed by atoms with Crippen LogP contribution in [0.15, 0.2) is 47.1 Å². The number of carbonyl (C=O) groups is 2. The van der Waals surface area contributed by atoms with Crippen LogP contribution in [0.5, 0.6) is 5.75 Å². The highest BCUT2D eigenvalue weighted by Gasteiger charge is 2.32. The van der Waals surface area contributed by atoms with Crippen LogP contribution in [0.25, 0.3) is 11.0 Å². The molecule has 0 bridgehead atoms. The van der Waals surface area contributed by atoms with Gasteiger partial charge in [-0.2, -0.15) is 0 Å². The summed E-state index contributed by atoms with van der Waals surface area (Å²) in [6, 6.07) is 13.2. The van der Waals surface area contributed by atoms with E-state index in [2.05, 4.69) is 10.3 Å². The van der Waals surface area contributed by atoms with Crippen molar-refractivity contribution in [3.05, 3.63) is 53.6 Å². The average Bonchev–Trinajstić information content (AvgIpc) is 3.23. The summed E-state index contributed by atoms with van der Waals surface area (Å²) in [6.07, 6.45) is 0.937. The number of amides is 2. The second-order valence-electron chi connectivity index (χ2n) is 7.60. The van der Waals surface area contributed by atoms with Crippen LogP contribution >= 0.6 is 0 Å². The zero-order valence-corrected chi connectivity index (χ0v) is 17.1. The van der Waals surface area contributed by atoms with Crippen molar-refractivity contribution in [2.24, 2.45) is 5.92 Å². The van der Waals surface area contributed by atoms with Crippen molar-refractivity contribution in [3.63, 3.8) is 0 Å². The molecule has 2 heterocycles. The van der Waals surface area contributed by atoms with Crippen LogP contribution in [0.4, 0.5) is 0 Å². The Kier molecular flexibility index (Phi) is 5.65. The van der Waals surface area contributed by atoms with Crippen molar-refractivity contribution in [2.75, 3.05) is 20.7 Å². The summed E-state index contributed by atoms with van der Waals surface area (Å²) in [5.41, 5.74) is 3.24. The summed E-state index contributed by atoms with van der Waals surface area (Å²) in [4.78, 5) is 29.0. The molecule has 0 N–H and O–H groups in total. The highest BCUT2D eigenvalue weighted by Crippen LogP contribution is 2.25. The van der Waals surface area contributed by atoms with Gasteiger partial charge in [0.1, 0.15) is 16.8 Å². The monoisotopic (exact) mass is 408 g/mol. The number of likely N-dealkylation sites (tertiary alicyclic amines) is 1. The van der Waals surface area contributed by atoms with Gasteiger partial charge in [-0.15, -0.1) is 0 Å². The van der Waals surface area contributed by atoms with Gasteiger partial charge >= 0.3 is 0 Å². The fraction of sp³-hybridized carbons (Fsp3) is 0.364. The van der Waals surface area contributed by atoms with Crippen LogP contribution in [0, 0.1) is 5.92 Å². The Balaban J connectivity index is 1.42. The summed E-state index contributed by atoms with van der Waals surface area (Å²) in [6.45, 7) is 1.30. The molecule has 30 heavy (non-hydrogen) atoms. The van der Waals surface area contributed by atoms with Crippen LogP contribution in [-0.2, 0) is 22.7 Å². The van der Waals surface area contributed by atoms with Crippen LogP contribution in [0.3, 0.4) is 0 Å². The molecule has 1 fully saturated rings. The Morgan fingerprint density at radius 1 is 1.23 bits per heavy atom. The van der Waals surface area contributed by atoms with E-state index in [0.717, 1.165) is 16.9 Å². The third-order valence-corrected chi connectivity index (χ3v) is 5.52. The molecule has 8 heteroatoms. The first-order chi connectivity index (χ1) is 14.5. The number of rotatable bonds is 6. The van der Waals surface area contributed by atoms with E-state index in [9.17, 15) is 9.59 Å². The lowest BCUT2D eigenvalue weighted by molar-refractivity contribution is -0.143. The fourth-order valence-corrected chi connectivity index (χ4v) is 3.90. The molecule has 1 aromatic heterocycles. The van der Waals surface area contributed by atoms with Gasteiger partial charge in [0.2, 0.25) is 11.8 Å². The van der Waals surface area contributed by atoms with Crippen molar-refractivity contribution in [3.8, 4) is 5.75 Å². The molecule has 1 aliphatic rings. The van der Waals surface area contributed by atoms with E-state index in [-0.39, 0.29) is 17.7 Å². The van der Waals surface area contributed by atoms with Crippen molar-refractivity contribution in [1.29, 1.82) is 0 Å². The van der Waals surface area contributed by atoms with E-state index < -0.39 is 0 Å². The summed E-state index contributed by atoms with van der Waals surface area (Å²) in [5.74, 6) is 0.621. The average molecular weight is 408 g/mol. The first-order valence-corrected chi connectivity index (χ1v) is 9.91. The number of fused-ring (bicyclic) bond motifs is 1. The predicted molar refractivity (Wildman–Crippen MR) is 109 cm³/mol. The van der Waals surface area contributed by atoms with Gasteiger partial charge in [0.25, 0.3) is 0 Å². The van der Waals surface area contributed by atoms with E-state index in [1.807, 2.05) is 42.5 Å². The number of hydrogen-bond acceptors (Lipinski definition) is 6. The van der Waals surface area contributed by atoms with Crippen LogP contribution in [-0.4, -0.2) is 52.6 Å². The summed E-state index contributed by atoms with van der Waals surface area (Å²) in [5, 5.41) is 7.65. The number of nitrogens with zero attached hydrogens (tertiary/aromatic N) is 4. The number of ether oxygens (including phenoxy) is 1. The molecule has 2 amide bonds. The lowest BCUT2D eigenvalue weighted by atomic mass is 9.95. The molecular formula is C22H24N4O4. The number of methoxy groups -OCH3 is 1. The first-order valence-electron chi connectivity index (χ1n) is 9.91. The topological polar surface area (TPSA) is 88.8 Å². The molecule has 0 spiro atoms. The standard InChI is InChI=1S/C22H24N4O4/c1-25(12-15-7-9-18-19(11-15)24-30-23-18)22(28)17-8-10-21(27)26(14-17)13-16-5-3-4-6-20(16)29-2/h3-7,9,11,17H,8,10,12-14H2,1-2H3/t17-/m0/s1. The van der Waals surface area contributed by atoms with Crippen molar-refractivity contribution >= 4 is 22.8 Å². The molecule has 1 aliphatic heterocycles. The molecule has 0 unspecified atom stereocenters. The normalized spacial score (nSPS) is 16.7. The molecular weight excluding hydrogens is 384 g/mol. The zero-order valence-electron chi connectivity index (χ0n) is 17.1. The minimum Gasteiger partial charge on any atom is -0.496 e. The van der Waals surface area contributed by atoms with Gasteiger partial charge in [-0.1, -0.05) is 24.3 Å². The van der Waals surface area contributed by atoms with Gasteiger partial charge in [-0.05, 0) is 40.5 Å². The smallest absolute Gasteiger partial charge is 0.227 e. The Morgan fingerprint density at radius 2 is 2.03 bits per heavy atom. The molecule has 8 nitrogen and oxygen atoms in total. The summed E-state index contributed by atoms with van der Waals surface area (Å²) < 4.78 is 10.1. The molecule has 4 rings (SSSR count). The minimum atomic E-state index is -0.222. The Bertz CT molecular complexity index is 1060. The highest BCUT2D eigenvalue weighted by atomic mass is 16.6. The Hall–Kier alpha value is -3.42. The van der Waals surface area contributed by atoms with Crippen molar-refractivity contribution < 1.29 is 19.0 Å². The van der Waals surface area contributed by atoms with Crippen LogP contribution in [0.2, 0.25) is 0 Å². The minimum absolute atomic E-state index is 0.0332. The molecule has 1 atom stereocenters. The quantitative estimate of drug-likeness (QED) is 0.623. The van der Waals surface area contributed by atoms with Gasteiger partial charge in [0.15, 0.2) is 0 Å². The number of piperidine rings is 1. The molecule has 1 saturated heterocycles.